The van der Waals surface area contributed by atoms with Gasteiger partial charge < -0.3 is 14.7 Å². The van der Waals surface area contributed by atoms with E-state index in [1.807, 2.05) is 11.0 Å². The zero-order chi connectivity index (χ0) is 27.6. The largest absolute Gasteiger partial charge is 0.337 e. The van der Waals surface area contributed by atoms with Gasteiger partial charge in [-0.25, -0.2) is 8.42 Å². The molecule has 11 heteroatoms. The van der Waals surface area contributed by atoms with Gasteiger partial charge in [-0.1, -0.05) is 18.2 Å². The molecule has 3 aliphatic rings. The predicted molar refractivity (Wildman–Crippen MR) is 150 cm³/mol. The molecule has 9 nitrogen and oxygen atoms in total. The van der Waals surface area contributed by atoms with E-state index in [1.165, 1.54) is 24.7 Å². The van der Waals surface area contributed by atoms with E-state index < -0.39 is 16.1 Å². The molecule has 1 aromatic carbocycles. The molecule has 0 radical (unpaired) electrons. The first-order valence-corrected chi connectivity index (χ1v) is 16.1. The predicted octanol–water partition coefficient (Wildman–Crippen LogP) is 2.97. The van der Waals surface area contributed by atoms with Crippen LogP contribution in [0.2, 0.25) is 0 Å². The number of nitrogens with one attached hydrogen (secondary N) is 1. The van der Waals surface area contributed by atoms with Gasteiger partial charge in [0.05, 0.1) is 6.54 Å². The Hall–Kier alpha value is -2.60. The van der Waals surface area contributed by atoms with Crippen molar-refractivity contribution in [1.82, 2.24) is 19.4 Å². The third kappa shape index (κ3) is 6.42. The lowest BCUT2D eigenvalue weighted by Crippen LogP contribution is -2.55. The fourth-order valence-electron chi connectivity index (χ4n) is 5.85. The SMILES string of the molecule is CC(=O)c1cccc(-c2csc(S(=O)(=O)N[C@H]3CCCN(CC(=O)N4CCC[C@H]4CN4CCCC4)C3=O)c2)c1. The van der Waals surface area contributed by atoms with Crippen LogP contribution in [0.5, 0.6) is 0 Å². The second kappa shape index (κ2) is 11.9. The van der Waals surface area contributed by atoms with Crippen molar-refractivity contribution in [3.63, 3.8) is 0 Å². The Morgan fingerprint density at radius 2 is 1.77 bits per heavy atom. The summed E-state index contributed by atoms with van der Waals surface area (Å²) in [7, 11) is -3.94. The maximum Gasteiger partial charge on any atom is 0.250 e. The van der Waals surface area contributed by atoms with Gasteiger partial charge in [-0.2, -0.15) is 4.72 Å². The minimum absolute atomic E-state index is 0.0107. The molecule has 0 aliphatic carbocycles. The van der Waals surface area contributed by atoms with E-state index in [0.29, 0.717) is 37.1 Å². The molecule has 2 atom stereocenters. The topological polar surface area (TPSA) is 107 Å². The first kappa shape index (κ1) is 27.9. The molecule has 0 saturated carbocycles. The van der Waals surface area contributed by atoms with Crippen LogP contribution in [-0.4, -0.2) is 92.1 Å². The minimum Gasteiger partial charge on any atom is -0.337 e. The zero-order valence-corrected chi connectivity index (χ0v) is 23.9. The van der Waals surface area contributed by atoms with Crippen LogP contribution in [-0.2, 0) is 19.6 Å². The highest BCUT2D eigenvalue weighted by atomic mass is 32.2. The minimum atomic E-state index is -3.94. The van der Waals surface area contributed by atoms with Gasteiger partial charge in [0.1, 0.15) is 10.3 Å². The Morgan fingerprint density at radius 1 is 1.00 bits per heavy atom. The molecular weight excluding hydrogens is 536 g/mol. The summed E-state index contributed by atoms with van der Waals surface area (Å²) in [5, 5.41) is 1.73. The van der Waals surface area contributed by atoms with Crippen LogP contribution in [0.15, 0.2) is 39.9 Å². The standard InChI is InChI=1S/C28H36N4O5S2/c1-20(33)21-7-4-8-22(15-21)23-16-27(38-19-23)39(36,37)29-25-10-6-13-31(28(25)35)18-26(34)32-14-5-9-24(32)17-30-11-2-3-12-30/h4,7-8,15-16,19,24-25,29H,2-3,5-6,9-14,17-18H2,1H3/t24-,25-/m0/s1. The lowest BCUT2D eigenvalue weighted by molar-refractivity contribution is -0.143. The fraction of sp³-hybridized carbons (Fsp3) is 0.536. The van der Waals surface area contributed by atoms with Gasteiger partial charge in [-0.15, -0.1) is 11.3 Å². The van der Waals surface area contributed by atoms with Gasteiger partial charge in [-0.05, 0) is 87.2 Å². The summed E-state index contributed by atoms with van der Waals surface area (Å²) in [6.07, 6.45) is 5.39. The highest BCUT2D eigenvalue weighted by Crippen LogP contribution is 2.30. The number of amides is 2. The first-order valence-electron chi connectivity index (χ1n) is 13.7. The number of hydrogen-bond acceptors (Lipinski definition) is 7. The smallest absolute Gasteiger partial charge is 0.250 e. The fourth-order valence-corrected chi connectivity index (χ4v) is 8.28. The summed E-state index contributed by atoms with van der Waals surface area (Å²) in [5.41, 5.74) is 2.00. The lowest BCUT2D eigenvalue weighted by atomic mass is 10.0. The second-order valence-electron chi connectivity index (χ2n) is 10.8. The second-order valence-corrected chi connectivity index (χ2v) is 13.6. The van der Waals surface area contributed by atoms with Crippen molar-refractivity contribution >= 4 is 39.0 Å². The molecule has 3 fully saturated rings. The number of piperidine rings is 1. The lowest BCUT2D eigenvalue weighted by Gasteiger charge is -2.34. The van der Waals surface area contributed by atoms with Crippen molar-refractivity contribution in [2.45, 2.75) is 61.7 Å². The molecule has 0 bridgehead atoms. The number of benzene rings is 1. The Kier molecular flexibility index (Phi) is 8.51. The summed E-state index contributed by atoms with van der Waals surface area (Å²) in [6, 6.07) is 7.91. The molecular formula is C28H36N4O5S2. The number of Topliss-reactive ketones (excluding diaryl/α,β-unsaturated/α-hetero) is 1. The van der Waals surface area contributed by atoms with Crippen LogP contribution in [0.3, 0.4) is 0 Å². The van der Waals surface area contributed by atoms with Crippen molar-refractivity contribution in [1.29, 1.82) is 0 Å². The molecule has 0 spiro atoms. The number of carbonyl (C=O) groups excluding carboxylic acids is 3. The molecule has 1 aromatic heterocycles. The van der Waals surface area contributed by atoms with Crippen molar-refractivity contribution in [3.05, 3.63) is 41.3 Å². The molecule has 2 amide bonds. The van der Waals surface area contributed by atoms with Crippen molar-refractivity contribution in [3.8, 4) is 11.1 Å². The van der Waals surface area contributed by atoms with Gasteiger partial charge in [0.15, 0.2) is 5.78 Å². The number of likely N-dealkylation sites (tertiary alicyclic amines) is 3. The monoisotopic (exact) mass is 572 g/mol. The maximum atomic E-state index is 13.3. The summed E-state index contributed by atoms with van der Waals surface area (Å²) in [5.74, 6) is -0.462. The van der Waals surface area contributed by atoms with Crippen LogP contribution in [0.1, 0.15) is 55.8 Å². The molecule has 5 rings (SSSR count). The number of sulfonamides is 1. The third-order valence-corrected chi connectivity index (χ3v) is 10.9. The molecule has 0 unspecified atom stereocenters. The number of hydrogen-bond donors (Lipinski definition) is 1. The van der Waals surface area contributed by atoms with Gasteiger partial charge in [-0.3, -0.25) is 14.4 Å². The molecule has 4 heterocycles. The number of ketones is 1. The Labute approximate surface area is 234 Å². The van der Waals surface area contributed by atoms with E-state index in [1.54, 1.807) is 29.6 Å². The van der Waals surface area contributed by atoms with Crippen LogP contribution >= 0.6 is 11.3 Å². The quantitative estimate of drug-likeness (QED) is 0.463. The summed E-state index contributed by atoms with van der Waals surface area (Å²) in [6.45, 7) is 5.70. The molecule has 1 N–H and O–H groups in total. The maximum absolute atomic E-state index is 13.3. The van der Waals surface area contributed by atoms with E-state index in [2.05, 4.69) is 9.62 Å². The van der Waals surface area contributed by atoms with E-state index in [-0.39, 0.29) is 34.4 Å². The Morgan fingerprint density at radius 3 is 2.54 bits per heavy atom. The van der Waals surface area contributed by atoms with Gasteiger partial charge in [0, 0.05) is 31.2 Å². The van der Waals surface area contributed by atoms with Crippen molar-refractivity contribution in [2.75, 3.05) is 39.3 Å². The molecule has 3 aliphatic heterocycles. The average Bonchev–Trinajstić information content (AvgIpc) is 3.69. The summed E-state index contributed by atoms with van der Waals surface area (Å²) in [4.78, 5) is 44.1. The van der Waals surface area contributed by atoms with E-state index >= 15 is 0 Å². The molecule has 210 valence electrons. The van der Waals surface area contributed by atoms with E-state index in [0.717, 1.165) is 49.4 Å². The average molecular weight is 573 g/mol. The highest BCUT2D eigenvalue weighted by Gasteiger charge is 2.36. The summed E-state index contributed by atoms with van der Waals surface area (Å²) < 4.78 is 29.1. The number of rotatable bonds is 9. The van der Waals surface area contributed by atoms with Crippen molar-refractivity contribution in [2.24, 2.45) is 0 Å². The molecule has 2 aromatic rings. The highest BCUT2D eigenvalue weighted by molar-refractivity contribution is 7.91. The van der Waals surface area contributed by atoms with E-state index in [4.69, 9.17) is 0 Å². The number of nitrogens with zero attached hydrogens (tertiary/aromatic N) is 3. The number of thiophene rings is 1. The van der Waals surface area contributed by atoms with Gasteiger partial charge in [0.25, 0.3) is 10.0 Å². The van der Waals surface area contributed by atoms with Gasteiger partial charge in [0.2, 0.25) is 11.8 Å². The van der Waals surface area contributed by atoms with Crippen LogP contribution in [0.4, 0.5) is 0 Å². The first-order chi connectivity index (χ1) is 18.7. The molecule has 39 heavy (non-hydrogen) atoms. The number of carbonyl (C=O) groups is 3. The van der Waals surface area contributed by atoms with Gasteiger partial charge >= 0.3 is 0 Å². The van der Waals surface area contributed by atoms with Crippen LogP contribution in [0.25, 0.3) is 11.1 Å². The Balaban J connectivity index is 1.21. The molecule has 3 saturated heterocycles. The van der Waals surface area contributed by atoms with Crippen LogP contribution in [0, 0.1) is 0 Å². The normalized spacial score (nSPS) is 22.5. The van der Waals surface area contributed by atoms with Crippen LogP contribution < -0.4 is 4.72 Å². The Bertz CT molecular complexity index is 1330. The van der Waals surface area contributed by atoms with Crippen molar-refractivity contribution < 1.29 is 22.8 Å². The van der Waals surface area contributed by atoms with E-state index in [9.17, 15) is 22.8 Å². The third-order valence-electron chi connectivity index (χ3n) is 7.96. The zero-order valence-electron chi connectivity index (χ0n) is 22.3. The summed E-state index contributed by atoms with van der Waals surface area (Å²) >= 11 is 1.07.